The molecule has 0 aromatic carbocycles. The highest BCUT2D eigenvalue weighted by Gasteiger charge is 2.21. The molecule has 0 rings (SSSR count). The van der Waals surface area contributed by atoms with Gasteiger partial charge >= 0.3 is 47.8 Å². The number of esters is 8. The number of ether oxygens (including phenoxy) is 4. The highest BCUT2D eigenvalue weighted by Crippen LogP contribution is 2.06. The van der Waals surface area contributed by atoms with Crippen LogP contribution >= 0.6 is 0 Å². The zero-order valence-electron chi connectivity index (χ0n) is 18.3. The van der Waals surface area contributed by atoms with Crippen molar-refractivity contribution in [2.24, 2.45) is 17.2 Å². The average molecular weight is 489 g/mol. The molecule has 0 saturated heterocycles. The Labute approximate surface area is 193 Å². The average Bonchev–Trinajstić information content (AvgIpc) is 2.76. The Bertz CT molecular complexity index is 795. The van der Waals surface area contributed by atoms with Crippen LogP contribution < -0.4 is 17.2 Å². The topological polar surface area (TPSA) is 252 Å². The molecule has 0 unspecified atom stereocenters. The van der Waals surface area contributed by atoms with Crippen molar-refractivity contribution in [3.63, 3.8) is 0 Å². The third kappa shape index (κ3) is 15.3. The summed E-state index contributed by atoms with van der Waals surface area (Å²) in [5, 5.41) is 0. The highest BCUT2D eigenvalue weighted by atomic mass is 16.6. The molecule has 0 aromatic heterocycles. The van der Waals surface area contributed by atoms with Crippen LogP contribution in [0.1, 0.15) is 51.4 Å². The molecule has 0 aromatic rings. The molecule has 0 aliphatic carbocycles. The molecule has 0 bridgehead atoms. The predicted molar refractivity (Wildman–Crippen MR) is 107 cm³/mol. The third-order valence-corrected chi connectivity index (χ3v) is 3.72. The molecule has 0 aliphatic rings. The minimum absolute atomic E-state index is 0.0439. The molecule has 6 N–H and O–H groups in total. The van der Waals surface area contributed by atoms with Crippen LogP contribution in [0.2, 0.25) is 0 Å². The summed E-state index contributed by atoms with van der Waals surface area (Å²) in [6.07, 6.45) is -2.04. The van der Waals surface area contributed by atoms with Gasteiger partial charge in [-0.25, -0.2) is 4.79 Å². The number of carbonyl (C=O) groups excluding carboxylic acids is 8. The summed E-state index contributed by atoms with van der Waals surface area (Å²) in [7, 11) is 0. The lowest BCUT2D eigenvalue weighted by atomic mass is 10.1. The summed E-state index contributed by atoms with van der Waals surface area (Å²) in [5.41, 5.74) is 15.5. The summed E-state index contributed by atoms with van der Waals surface area (Å²) in [4.78, 5) is 90.7. The zero-order valence-corrected chi connectivity index (χ0v) is 18.3. The van der Waals surface area contributed by atoms with Crippen molar-refractivity contribution in [2.45, 2.75) is 57.4 Å². The van der Waals surface area contributed by atoms with E-state index in [0.29, 0.717) is 0 Å². The fraction of sp³-hybridized carbons (Fsp3) is 0.579. The van der Waals surface area contributed by atoms with Gasteiger partial charge in [0.25, 0.3) is 0 Å². The maximum atomic E-state index is 11.8. The first-order valence-corrected chi connectivity index (χ1v) is 10.1. The predicted octanol–water partition coefficient (Wildman–Crippen LogP) is -2.37. The molecule has 15 heteroatoms. The van der Waals surface area contributed by atoms with E-state index >= 15 is 0 Å². The normalized spacial score (nSPS) is 11.0. The molecule has 0 fully saturated rings. The Kier molecular flexibility index (Phi) is 15.2. The molecule has 34 heavy (non-hydrogen) atoms. The van der Waals surface area contributed by atoms with Crippen LogP contribution in [0.25, 0.3) is 0 Å². The molecule has 190 valence electrons. The summed E-state index contributed by atoms with van der Waals surface area (Å²) in [6.45, 7) is -0.946. The first kappa shape index (κ1) is 30.4. The smallest absolute Gasteiger partial charge is 0.330 e. The molecule has 0 amide bonds. The van der Waals surface area contributed by atoms with Crippen LogP contribution in [0, 0.1) is 0 Å². The number of rotatable bonds is 14. The summed E-state index contributed by atoms with van der Waals surface area (Å²) >= 11 is 0. The lowest BCUT2D eigenvalue weighted by Gasteiger charge is -2.10. The van der Waals surface area contributed by atoms with Crippen molar-refractivity contribution in [2.75, 3.05) is 13.1 Å². The molecule has 0 spiro atoms. The van der Waals surface area contributed by atoms with Gasteiger partial charge in [0, 0.05) is 32.1 Å². The molecule has 15 nitrogen and oxygen atoms in total. The third-order valence-electron chi connectivity index (χ3n) is 3.72. The van der Waals surface area contributed by atoms with E-state index in [1.165, 1.54) is 0 Å². The molecule has 0 radical (unpaired) electrons. The fourth-order valence-corrected chi connectivity index (χ4v) is 2.05. The van der Waals surface area contributed by atoms with Crippen LogP contribution in [0.3, 0.4) is 0 Å². The Morgan fingerprint density at radius 2 is 0.824 bits per heavy atom. The first-order chi connectivity index (χ1) is 16.0. The maximum absolute atomic E-state index is 11.8. The molecule has 0 heterocycles. The van der Waals surface area contributed by atoms with Crippen molar-refractivity contribution in [3.8, 4) is 0 Å². The van der Waals surface area contributed by atoms with Gasteiger partial charge in [0.15, 0.2) is 0 Å². The Balaban J connectivity index is 4.09. The molecular weight excluding hydrogens is 462 g/mol. The molecule has 0 aliphatic heterocycles. The van der Waals surface area contributed by atoms with E-state index in [9.17, 15) is 38.4 Å². The van der Waals surface area contributed by atoms with Crippen LogP contribution in [-0.2, 0) is 57.3 Å². The van der Waals surface area contributed by atoms with Gasteiger partial charge in [0.1, 0.15) is 6.04 Å². The second-order valence-electron chi connectivity index (χ2n) is 6.59. The van der Waals surface area contributed by atoms with Crippen LogP contribution in [0.5, 0.6) is 0 Å². The molecule has 0 saturated carbocycles. The van der Waals surface area contributed by atoms with Gasteiger partial charge in [0.2, 0.25) is 0 Å². The van der Waals surface area contributed by atoms with Gasteiger partial charge in [-0.3, -0.25) is 33.6 Å². The zero-order chi connectivity index (χ0) is 26.1. The van der Waals surface area contributed by atoms with Crippen LogP contribution in [0.15, 0.2) is 0 Å². The lowest BCUT2D eigenvalue weighted by Crippen LogP contribution is -2.34. The van der Waals surface area contributed by atoms with Crippen molar-refractivity contribution in [1.82, 2.24) is 0 Å². The second kappa shape index (κ2) is 17.0. The Morgan fingerprint density at radius 1 is 0.500 bits per heavy atom. The summed E-state index contributed by atoms with van der Waals surface area (Å²) < 4.78 is 17.5. The molecular formula is C19H27N3O12. The van der Waals surface area contributed by atoms with E-state index in [2.05, 4.69) is 18.9 Å². The first-order valence-electron chi connectivity index (χ1n) is 10.1. The van der Waals surface area contributed by atoms with Gasteiger partial charge in [-0.05, 0) is 19.3 Å². The van der Waals surface area contributed by atoms with Crippen molar-refractivity contribution in [3.05, 3.63) is 0 Å². The maximum Gasteiger partial charge on any atom is 0.330 e. The van der Waals surface area contributed by atoms with Crippen LogP contribution in [-0.4, -0.2) is 66.9 Å². The number of hydrogen-bond acceptors (Lipinski definition) is 15. The monoisotopic (exact) mass is 489 g/mol. The Morgan fingerprint density at radius 3 is 1.21 bits per heavy atom. The summed E-state index contributed by atoms with van der Waals surface area (Å²) in [6, 6.07) is -1.37. The van der Waals surface area contributed by atoms with E-state index < -0.39 is 73.3 Å². The fourth-order valence-electron chi connectivity index (χ4n) is 2.05. The minimum Gasteiger partial charge on any atom is -0.393 e. The van der Waals surface area contributed by atoms with E-state index in [-0.39, 0.29) is 44.9 Å². The van der Waals surface area contributed by atoms with E-state index in [1.54, 1.807) is 0 Å². The minimum atomic E-state index is -1.37. The van der Waals surface area contributed by atoms with E-state index in [0.717, 1.165) is 0 Å². The Hall–Kier alpha value is -3.56. The number of carbonyl (C=O) groups is 8. The van der Waals surface area contributed by atoms with Crippen molar-refractivity contribution < 1.29 is 57.3 Å². The molecule has 1 atom stereocenters. The lowest BCUT2D eigenvalue weighted by molar-refractivity contribution is -0.162. The summed E-state index contributed by atoms with van der Waals surface area (Å²) in [5.74, 6) is -7.66. The highest BCUT2D eigenvalue weighted by molar-refractivity contribution is 5.90. The van der Waals surface area contributed by atoms with Gasteiger partial charge in [-0.15, -0.1) is 0 Å². The van der Waals surface area contributed by atoms with Crippen LogP contribution in [0.4, 0.5) is 0 Å². The van der Waals surface area contributed by atoms with Crippen molar-refractivity contribution >= 4 is 47.8 Å². The van der Waals surface area contributed by atoms with E-state index in [4.69, 9.17) is 17.2 Å². The number of hydrogen-bond donors (Lipinski definition) is 3. The SMILES string of the molecule is NCC(=O)OC(=O)CCCC(=O)OC(=O)CC[C@H](N)C(=O)OC(=O)CCCC(=O)OC(=O)CN. The van der Waals surface area contributed by atoms with Crippen molar-refractivity contribution in [1.29, 1.82) is 0 Å². The second-order valence-corrected chi connectivity index (χ2v) is 6.59. The largest absolute Gasteiger partial charge is 0.393 e. The standard InChI is InChI=1S/C19H27N3O12/c20-9-17(28)32-13(24)4-1-3-12(23)31-16(27)8-7-11(22)19(30)34-15(26)6-2-5-14(25)33-18(29)10-21/h11H,1-10,20-22H2/t11-/m0/s1. The quantitative estimate of drug-likeness (QED) is 0.131. The van der Waals surface area contributed by atoms with Gasteiger partial charge in [0.05, 0.1) is 13.1 Å². The van der Waals surface area contributed by atoms with Gasteiger partial charge in [-0.1, -0.05) is 0 Å². The van der Waals surface area contributed by atoms with E-state index in [1.807, 2.05) is 0 Å². The number of nitrogens with two attached hydrogens (primary N) is 3. The van der Waals surface area contributed by atoms with Gasteiger partial charge in [-0.2, -0.15) is 0 Å². The van der Waals surface area contributed by atoms with Gasteiger partial charge < -0.3 is 36.1 Å².